The molecule has 0 aliphatic heterocycles. The summed E-state index contributed by atoms with van der Waals surface area (Å²) in [5.74, 6) is 0. The minimum atomic E-state index is -0.144. The number of benzene rings is 1. The number of hydrogen-bond acceptors (Lipinski definition) is 2. The van der Waals surface area contributed by atoms with E-state index in [-0.39, 0.29) is 6.04 Å². The molecule has 2 N–H and O–H groups in total. The van der Waals surface area contributed by atoms with Crippen LogP contribution in [0.15, 0.2) is 36.4 Å². The number of nitrogens with zero attached hydrogens (tertiary/aromatic N) is 1. The van der Waals surface area contributed by atoms with Crippen molar-refractivity contribution in [1.29, 1.82) is 0 Å². The van der Waals surface area contributed by atoms with Crippen molar-refractivity contribution >= 4 is 0 Å². The largest absolute Gasteiger partial charge is 0.319 e. The van der Waals surface area contributed by atoms with Gasteiger partial charge in [-0.1, -0.05) is 24.3 Å². The van der Waals surface area contributed by atoms with Crippen molar-refractivity contribution in [3.8, 4) is 0 Å². The molecular weight excluding hydrogens is 208 g/mol. The fraction of sp³-hybridized carbons (Fsp3) is 0.267. The highest BCUT2D eigenvalue weighted by molar-refractivity contribution is 5.35. The molecule has 0 fully saturated rings. The SMILES string of the molecule is Cc1cccc(C(N)c2ccc(C)c(C)c2)n1. The van der Waals surface area contributed by atoms with Gasteiger partial charge >= 0.3 is 0 Å². The number of pyridine rings is 1. The summed E-state index contributed by atoms with van der Waals surface area (Å²) in [7, 11) is 0. The fourth-order valence-corrected chi connectivity index (χ4v) is 1.87. The van der Waals surface area contributed by atoms with E-state index in [2.05, 4.69) is 37.0 Å². The zero-order valence-electron chi connectivity index (χ0n) is 10.6. The van der Waals surface area contributed by atoms with Gasteiger partial charge in [-0.15, -0.1) is 0 Å². The smallest absolute Gasteiger partial charge is 0.0726 e. The Morgan fingerprint density at radius 3 is 2.41 bits per heavy atom. The van der Waals surface area contributed by atoms with E-state index >= 15 is 0 Å². The summed E-state index contributed by atoms with van der Waals surface area (Å²) >= 11 is 0. The van der Waals surface area contributed by atoms with Crippen molar-refractivity contribution in [1.82, 2.24) is 4.98 Å². The third-order valence-corrected chi connectivity index (χ3v) is 3.12. The Bertz CT molecular complexity index is 532. The Kier molecular flexibility index (Phi) is 3.25. The molecule has 0 aliphatic rings. The second-order valence-corrected chi connectivity index (χ2v) is 4.53. The molecule has 2 rings (SSSR count). The Labute approximate surface area is 103 Å². The average Bonchev–Trinajstić information content (AvgIpc) is 2.32. The minimum absolute atomic E-state index is 0.144. The lowest BCUT2D eigenvalue weighted by atomic mass is 9.99. The molecule has 0 saturated heterocycles. The molecule has 0 amide bonds. The molecule has 0 spiro atoms. The number of aromatic nitrogens is 1. The molecule has 1 heterocycles. The second kappa shape index (κ2) is 4.68. The lowest BCUT2D eigenvalue weighted by molar-refractivity contribution is 0.820. The highest BCUT2D eigenvalue weighted by Crippen LogP contribution is 2.20. The quantitative estimate of drug-likeness (QED) is 0.854. The summed E-state index contributed by atoms with van der Waals surface area (Å²) in [6, 6.07) is 12.2. The minimum Gasteiger partial charge on any atom is -0.319 e. The van der Waals surface area contributed by atoms with Gasteiger partial charge in [-0.3, -0.25) is 4.98 Å². The van der Waals surface area contributed by atoms with Gasteiger partial charge in [-0.2, -0.15) is 0 Å². The maximum atomic E-state index is 6.24. The Hall–Kier alpha value is -1.67. The van der Waals surface area contributed by atoms with Crippen molar-refractivity contribution in [3.05, 3.63) is 64.5 Å². The van der Waals surface area contributed by atoms with E-state index < -0.39 is 0 Å². The first kappa shape index (κ1) is 11.8. The fourth-order valence-electron chi connectivity index (χ4n) is 1.87. The standard InChI is InChI=1S/C15H18N2/c1-10-7-8-13(9-11(10)2)15(16)14-6-4-5-12(3)17-14/h4-9,15H,16H2,1-3H3. The molecular formula is C15H18N2. The molecule has 17 heavy (non-hydrogen) atoms. The van der Waals surface area contributed by atoms with Crippen LogP contribution in [0.2, 0.25) is 0 Å². The van der Waals surface area contributed by atoms with Gasteiger partial charge < -0.3 is 5.73 Å². The molecule has 0 saturated carbocycles. The normalized spacial score (nSPS) is 12.5. The van der Waals surface area contributed by atoms with Gasteiger partial charge in [0, 0.05) is 5.69 Å². The van der Waals surface area contributed by atoms with Crippen LogP contribution >= 0.6 is 0 Å². The number of nitrogens with two attached hydrogens (primary N) is 1. The first-order valence-corrected chi connectivity index (χ1v) is 5.84. The van der Waals surface area contributed by atoms with Crippen molar-refractivity contribution in [2.75, 3.05) is 0 Å². The first-order valence-electron chi connectivity index (χ1n) is 5.84. The van der Waals surface area contributed by atoms with E-state index in [1.165, 1.54) is 11.1 Å². The van der Waals surface area contributed by atoms with Gasteiger partial charge in [0.1, 0.15) is 0 Å². The molecule has 2 nitrogen and oxygen atoms in total. The van der Waals surface area contributed by atoms with Crippen molar-refractivity contribution in [2.45, 2.75) is 26.8 Å². The maximum absolute atomic E-state index is 6.24. The Morgan fingerprint density at radius 1 is 1.00 bits per heavy atom. The Morgan fingerprint density at radius 2 is 1.76 bits per heavy atom. The number of aryl methyl sites for hydroxylation is 3. The average molecular weight is 226 g/mol. The number of hydrogen-bond donors (Lipinski definition) is 1. The molecule has 2 aromatic rings. The monoisotopic (exact) mass is 226 g/mol. The summed E-state index contributed by atoms with van der Waals surface area (Å²) in [6.45, 7) is 6.20. The van der Waals surface area contributed by atoms with Gasteiger partial charge in [0.05, 0.1) is 11.7 Å². The van der Waals surface area contributed by atoms with Crippen LogP contribution in [0.5, 0.6) is 0 Å². The van der Waals surface area contributed by atoms with Crippen LogP contribution in [0.1, 0.15) is 34.1 Å². The predicted octanol–water partition coefficient (Wildman–Crippen LogP) is 3.05. The van der Waals surface area contributed by atoms with Crippen LogP contribution in [0.4, 0.5) is 0 Å². The first-order chi connectivity index (χ1) is 8.08. The second-order valence-electron chi connectivity index (χ2n) is 4.53. The van der Waals surface area contributed by atoms with E-state index in [0.29, 0.717) is 0 Å². The van der Waals surface area contributed by atoms with Gasteiger partial charge in [0.15, 0.2) is 0 Å². The van der Waals surface area contributed by atoms with Crippen molar-refractivity contribution in [2.24, 2.45) is 5.73 Å². The summed E-state index contributed by atoms with van der Waals surface area (Å²) in [6.07, 6.45) is 0. The van der Waals surface area contributed by atoms with Gasteiger partial charge in [-0.25, -0.2) is 0 Å². The van der Waals surface area contributed by atoms with Crippen LogP contribution < -0.4 is 5.73 Å². The van der Waals surface area contributed by atoms with Crippen LogP contribution in [0, 0.1) is 20.8 Å². The van der Waals surface area contributed by atoms with Gasteiger partial charge in [-0.05, 0) is 49.6 Å². The molecule has 1 atom stereocenters. The lowest BCUT2D eigenvalue weighted by Gasteiger charge is -2.13. The third kappa shape index (κ3) is 2.53. The molecule has 0 aliphatic carbocycles. The lowest BCUT2D eigenvalue weighted by Crippen LogP contribution is -2.14. The summed E-state index contributed by atoms with van der Waals surface area (Å²) in [5.41, 5.74) is 11.8. The van der Waals surface area contributed by atoms with E-state index in [1.807, 2.05) is 25.1 Å². The summed E-state index contributed by atoms with van der Waals surface area (Å²) < 4.78 is 0. The van der Waals surface area contributed by atoms with Crippen LogP contribution in [0.25, 0.3) is 0 Å². The van der Waals surface area contributed by atoms with Gasteiger partial charge in [0.25, 0.3) is 0 Å². The molecule has 88 valence electrons. The third-order valence-electron chi connectivity index (χ3n) is 3.12. The molecule has 2 heteroatoms. The topological polar surface area (TPSA) is 38.9 Å². The molecule has 1 aromatic heterocycles. The van der Waals surface area contributed by atoms with E-state index in [0.717, 1.165) is 17.0 Å². The van der Waals surface area contributed by atoms with Crippen LogP contribution in [0.3, 0.4) is 0 Å². The van der Waals surface area contributed by atoms with E-state index in [4.69, 9.17) is 5.73 Å². The van der Waals surface area contributed by atoms with Crippen LogP contribution in [-0.2, 0) is 0 Å². The van der Waals surface area contributed by atoms with Crippen molar-refractivity contribution in [3.63, 3.8) is 0 Å². The molecule has 0 bridgehead atoms. The Balaban J connectivity index is 2.36. The van der Waals surface area contributed by atoms with Crippen molar-refractivity contribution < 1.29 is 0 Å². The zero-order valence-corrected chi connectivity index (χ0v) is 10.6. The molecule has 1 unspecified atom stereocenters. The summed E-state index contributed by atoms with van der Waals surface area (Å²) in [4.78, 5) is 4.48. The van der Waals surface area contributed by atoms with Crippen LogP contribution in [-0.4, -0.2) is 4.98 Å². The highest BCUT2D eigenvalue weighted by atomic mass is 14.8. The maximum Gasteiger partial charge on any atom is 0.0726 e. The number of rotatable bonds is 2. The van der Waals surface area contributed by atoms with E-state index in [1.54, 1.807) is 0 Å². The summed E-state index contributed by atoms with van der Waals surface area (Å²) in [5, 5.41) is 0. The zero-order chi connectivity index (χ0) is 12.4. The molecule has 0 radical (unpaired) electrons. The molecule has 1 aromatic carbocycles. The van der Waals surface area contributed by atoms with Gasteiger partial charge in [0.2, 0.25) is 0 Å². The van der Waals surface area contributed by atoms with E-state index in [9.17, 15) is 0 Å². The predicted molar refractivity (Wildman–Crippen MR) is 70.9 cm³/mol. The highest BCUT2D eigenvalue weighted by Gasteiger charge is 2.10.